The van der Waals surface area contributed by atoms with Crippen molar-refractivity contribution in [2.24, 2.45) is 5.92 Å². The van der Waals surface area contributed by atoms with Gasteiger partial charge in [0.15, 0.2) is 0 Å². The second-order valence-electron chi connectivity index (χ2n) is 10.0. The Morgan fingerprint density at radius 2 is 1.82 bits per heavy atom. The normalized spacial score (nSPS) is 17.4. The predicted molar refractivity (Wildman–Crippen MR) is 150 cm³/mol. The number of imidazole rings is 1. The number of carbonyl (C=O) groups excluding carboxylic acids is 1. The van der Waals surface area contributed by atoms with Gasteiger partial charge in [-0.1, -0.05) is 23.7 Å². The Morgan fingerprint density at radius 1 is 1.03 bits per heavy atom. The second kappa shape index (κ2) is 10.5. The minimum Gasteiger partial charge on any atom is -0.349 e. The van der Waals surface area contributed by atoms with E-state index in [1.54, 1.807) is 40.8 Å². The summed E-state index contributed by atoms with van der Waals surface area (Å²) in [7, 11) is 0. The Bertz CT molecular complexity index is 1680. The van der Waals surface area contributed by atoms with Gasteiger partial charge in [0, 0.05) is 31.2 Å². The van der Waals surface area contributed by atoms with Crippen LogP contribution in [0.4, 0.5) is 0 Å². The third kappa shape index (κ3) is 4.97. The molecule has 1 aliphatic carbocycles. The summed E-state index contributed by atoms with van der Waals surface area (Å²) in [6, 6.07) is 15.2. The van der Waals surface area contributed by atoms with Crippen LogP contribution in [0.15, 0.2) is 78.1 Å². The third-order valence-electron chi connectivity index (χ3n) is 7.49. The highest BCUT2D eigenvalue weighted by Crippen LogP contribution is 2.28. The van der Waals surface area contributed by atoms with E-state index in [2.05, 4.69) is 20.4 Å². The maximum Gasteiger partial charge on any atom is 0.334 e. The molecule has 4 aromatic heterocycles. The zero-order valence-corrected chi connectivity index (χ0v) is 22.3. The van der Waals surface area contributed by atoms with E-state index in [0.29, 0.717) is 34.6 Å². The monoisotopic (exact) mass is 541 g/mol. The maximum absolute atomic E-state index is 13.7. The third-order valence-corrected chi connectivity index (χ3v) is 7.69. The van der Waals surface area contributed by atoms with E-state index >= 15 is 0 Å². The molecule has 4 heterocycles. The maximum atomic E-state index is 13.7. The van der Waals surface area contributed by atoms with Crippen LogP contribution in [0.1, 0.15) is 41.7 Å². The fourth-order valence-corrected chi connectivity index (χ4v) is 5.58. The Kier molecular flexibility index (Phi) is 6.74. The Balaban J connectivity index is 1.18. The lowest BCUT2D eigenvalue weighted by Gasteiger charge is -2.29. The Labute approximate surface area is 230 Å². The number of halogens is 1. The first-order valence-corrected chi connectivity index (χ1v) is 13.5. The largest absolute Gasteiger partial charge is 0.349 e. The van der Waals surface area contributed by atoms with Crippen LogP contribution >= 0.6 is 11.6 Å². The summed E-state index contributed by atoms with van der Waals surface area (Å²) in [5, 5.41) is 7.83. The fourth-order valence-electron chi connectivity index (χ4n) is 5.42. The second-order valence-corrected chi connectivity index (χ2v) is 10.5. The lowest BCUT2D eigenvalue weighted by atomic mass is 9.85. The predicted octanol–water partition coefficient (Wildman–Crippen LogP) is 4.72. The van der Waals surface area contributed by atoms with E-state index in [0.717, 1.165) is 42.4 Å². The SMILES string of the molecule is Cc1ncc(Cl)cc1C(=O)N[C@H]1CC[C@H](Cn2c(=O)n(-c3ccc(-n4cccn4)cn3)c3ccccc32)CC1. The number of pyridine rings is 2. The summed E-state index contributed by atoms with van der Waals surface area (Å²) < 4.78 is 5.27. The number of carbonyl (C=O) groups is 1. The number of nitrogens with one attached hydrogen (secondary N) is 1. The molecule has 6 rings (SSSR count). The fraction of sp³-hybridized carbons (Fsp3) is 0.276. The van der Waals surface area contributed by atoms with Gasteiger partial charge in [-0.15, -0.1) is 0 Å². The van der Waals surface area contributed by atoms with Crippen molar-refractivity contribution in [1.29, 1.82) is 0 Å². The molecule has 0 spiro atoms. The highest BCUT2D eigenvalue weighted by Gasteiger charge is 2.26. The molecule has 1 fully saturated rings. The van der Waals surface area contributed by atoms with Crippen molar-refractivity contribution >= 4 is 28.5 Å². The minimum atomic E-state index is -0.142. The van der Waals surface area contributed by atoms with Crippen molar-refractivity contribution in [2.45, 2.75) is 45.2 Å². The van der Waals surface area contributed by atoms with Crippen LogP contribution in [0.25, 0.3) is 22.5 Å². The van der Waals surface area contributed by atoms with Gasteiger partial charge in [0.2, 0.25) is 0 Å². The molecule has 1 amide bonds. The first-order valence-electron chi connectivity index (χ1n) is 13.1. The summed E-state index contributed by atoms with van der Waals surface area (Å²) in [5.41, 5.74) is 3.61. The van der Waals surface area contributed by atoms with Gasteiger partial charge >= 0.3 is 5.69 Å². The van der Waals surface area contributed by atoms with Gasteiger partial charge < -0.3 is 5.32 Å². The number of benzene rings is 1. The Hall–Kier alpha value is -4.24. The van der Waals surface area contributed by atoms with Crippen LogP contribution in [-0.2, 0) is 6.54 Å². The molecule has 198 valence electrons. The van der Waals surface area contributed by atoms with Crippen LogP contribution < -0.4 is 11.0 Å². The standard InChI is InChI=1S/C29H28ClN7O2/c1-19-24(15-21(30)16-31-19)28(38)34-22-9-7-20(8-10-22)18-35-25-5-2-3-6-26(25)37(29(35)39)27-12-11-23(17-32-27)36-14-4-13-33-36/h2-6,11-17,20,22H,7-10,18H2,1H3,(H,34,38)/t20-,22-. The van der Waals surface area contributed by atoms with Gasteiger partial charge in [-0.2, -0.15) is 5.10 Å². The van der Waals surface area contributed by atoms with Gasteiger partial charge in [-0.05, 0) is 74.9 Å². The van der Waals surface area contributed by atoms with E-state index in [-0.39, 0.29) is 17.6 Å². The topological polar surface area (TPSA) is 99.6 Å². The lowest BCUT2D eigenvalue weighted by Crippen LogP contribution is -2.39. The van der Waals surface area contributed by atoms with Crippen LogP contribution in [-0.4, -0.2) is 40.8 Å². The molecule has 39 heavy (non-hydrogen) atoms. The molecular formula is C29H28ClN7O2. The molecule has 0 atom stereocenters. The number of rotatable bonds is 6. The highest BCUT2D eigenvalue weighted by molar-refractivity contribution is 6.30. The summed E-state index contributed by atoms with van der Waals surface area (Å²) >= 11 is 6.04. The molecule has 1 aliphatic rings. The molecule has 0 radical (unpaired) electrons. The van der Waals surface area contributed by atoms with E-state index in [1.807, 2.05) is 53.2 Å². The molecule has 0 bridgehead atoms. The van der Waals surface area contributed by atoms with Crippen LogP contribution in [0.3, 0.4) is 0 Å². The highest BCUT2D eigenvalue weighted by atomic mass is 35.5. The molecule has 0 saturated heterocycles. The molecule has 5 aromatic rings. The van der Waals surface area contributed by atoms with E-state index in [4.69, 9.17) is 11.6 Å². The average Bonchev–Trinajstić information content (AvgIpc) is 3.58. The van der Waals surface area contributed by atoms with Gasteiger partial charge in [-0.25, -0.2) is 19.0 Å². The summed E-state index contributed by atoms with van der Waals surface area (Å²) in [5.74, 6) is 0.763. The Morgan fingerprint density at radius 3 is 2.54 bits per heavy atom. The number of hydrogen-bond donors (Lipinski definition) is 1. The van der Waals surface area contributed by atoms with Crippen molar-refractivity contribution in [2.75, 3.05) is 0 Å². The number of nitrogens with zero attached hydrogens (tertiary/aromatic N) is 6. The van der Waals surface area contributed by atoms with E-state index < -0.39 is 0 Å². The zero-order valence-electron chi connectivity index (χ0n) is 21.5. The number of fused-ring (bicyclic) bond motifs is 1. The first kappa shape index (κ1) is 25.1. The van der Waals surface area contributed by atoms with Crippen molar-refractivity contribution in [3.63, 3.8) is 0 Å². The number of amides is 1. The van der Waals surface area contributed by atoms with Crippen molar-refractivity contribution in [3.8, 4) is 11.5 Å². The van der Waals surface area contributed by atoms with Crippen molar-refractivity contribution in [3.05, 3.63) is 100 Å². The van der Waals surface area contributed by atoms with Crippen molar-refractivity contribution in [1.82, 2.24) is 34.2 Å². The summed E-state index contributed by atoms with van der Waals surface area (Å²) in [4.78, 5) is 35.3. The number of aromatic nitrogens is 6. The number of hydrogen-bond acceptors (Lipinski definition) is 5. The van der Waals surface area contributed by atoms with Gasteiger partial charge in [-0.3, -0.25) is 14.3 Å². The quantitative estimate of drug-likeness (QED) is 0.335. The van der Waals surface area contributed by atoms with E-state index in [1.165, 1.54) is 0 Å². The molecule has 1 saturated carbocycles. The van der Waals surface area contributed by atoms with Crippen LogP contribution in [0.5, 0.6) is 0 Å². The molecule has 9 nitrogen and oxygen atoms in total. The number of para-hydroxylation sites is 2. The molecule has 10 heteroatoms. The van der Waals surface area contributed by atoms with E-state index in [9.17, 15) is 9.59 Å². The molecular weight excluding hydrogens is 514 g/mol. The average molecular weight is 542 g/mol. The van der Waals surface area contributed by atoms with Crippen LogP contribution in [0.2, 0.25) is 5.02 Å². The first-order chi connectivity index (χ1) is 19.0. The lowest BCUT2D eigenvalue weighted by molar-refractivity contribution is 0.0919. The molecule has 1 aromatic carbocycles. The van der Waals surface area contributed by atoms with Gasteiger partial charge in [0.05, 0.1) is 39.2 Å². The van der Waals surface area contributed by atoms with Gasteiger partial charge in [0.1, 0.15) is 5.82 Å². The van der Waals surface area contributed by atoms with Crippen LogP contribution in [0, 0.1) is 12.8 Å². The molecule has 0 aliphatic heterocycles. The summed E-state index contributed by atoms with van der Waals surface area (Å²) in [6.07, 6.45) is 10.4. The van der Waals surface area contributed by atoms with Gasteiger partial charge in [0.25, 0.3) is 5.91 Å². The number of aryl methyl sites for hydroxylation is 1. The smallest absolute Gasteiger partial charge is 0.334 e. The van der Waals surface area contributed by atoms with Crippen molar-refractivity contribution < 1.29 is 4.79 Å². The molecule has 0 unspecified atom stereocenters. The molecule has 1 N–H and O–H groups in total. The summed E-state index contributed by atoms with van der Waals surface area (Å²) in [6.45, 7) is 2.43. The minimum absolute atomic E-state index is 0.0858. The zero-order chi connectivity index (χ0) is 26.9.